The Balaban J connectivity index is 2.14. The minimum atomic E-state index is -4.95. The summed E-state index contributed by atoms with van der Waals surface area (Å²) in [4.78, 5) is 21.8. The number of amides is 1. The second-order valence-corrected chi connectivity index (χ2v) is 6.31. The van der Waals surface area contributed by atoms with Crippen molar-refractivity contribution in [2.45, 2.75) is 32.1 Å². The van der Waals surface area contributed by atoms with E-state index in [0.29, 0.717) is 17.5 Å². The molecule has 2 aromatic rings. The fourth-order valence-electron chi connectivity index (χ4n) is 2.92. The van der Waals surface area contributed by atoms with Crippen LogP contribution in [0.5, 0.6) is 0 Å². The predicted octanol–water partition coefficient (Wildman–Crippen LogP) is 3.76. The maximum absolute atomic E-state index is 14.1. The molecule has 142 valence electrons. The Morgan fingerprint density at radius 2 is 1.89 bits per heavy atom. The normalized spacial score (nSPS) is 20.0. The molecular formula is C19H19F3N4O. The van der Waals surface area contributed by atoms with Crippen molar-refractivity contribution in [3.63, 3.8) is 0 Å². The maximum atomic E-state index is 14.1. The number of alkyl halides is 3. The highest BCUT2D eigenvalue weighted by molar-refractivity contribution is 6.16. The Bertz CT molecular complexity index is 867. The summed E-state index contributed by atoms with van der Waals surface area (Å²) in [7, 11) is 0. The van der Waals surface area contributed by atoms with Gasteiger partial charge < -0.3 is 5.32 Å². The summed E-state index contributed by atoms with van der Waals surface area (Å²) in [5.41, 5.74) is -1.94. The van der Waals surface area contributed by atoms with Crippen LogP contribution >= 0.6 is 0 Å². The summed E-state index contributed by atoms with van der Waals surface area (Å²) in [5, 5.41) is 2.26. The van der Waals surface area contributed by atoms with E-state index in [9.17, 15) is 18.0 Å². The van der Waals surface area contributed by atoms with Gasteiger partial charge in [-0.1, -0.05) is 37.3 Å². The van der Waals surface area contributed by atoms with Gasteiger partial charge in [-0.15, -0.1) is 0 Å². The van der Waals surface area contributed by atoms with Crippen LogP contribution in [0.15, 0.2) is 53.7 Å². The van der Waals surface area contributed by atoms with Crippen molar-refractivity contribution in [3.05, 3.63) is 59.8 Å². The van der Waals surface area contributed by atoms with Gasteiger partial charge in [0.1, 0.15) is 11.7 Å². The molecule has 2 heterocycles. The van der Waals surface area contributed by atoms with Gasteiger partial charge in [0, 0.05) is 18.3 Å². The number of hydrogen-bond acceptors (Lipinski definition) is 4. The highest BCUT2D eigenvalue weighted by atomic mass is 19.4. The highest BCUT2D eigenvalue weighted by Crippen LogP contribution is 2.40. The second kappa shape index (κ2) is 7.02. The van der Waals surface area contributed by atoms with Crippen LogP contribution < -0.4 is 5.32 Å². The lowest BCUT2D eigenvalue weighted by molar-refractivity contribution is -0.185. The van der Waals surface area contributed by atoms with Crippen molar-refractivity contribution in [1.82, 2.24) is 9.88 Å². The summed E-state index contributed by atoms with van der Waals surface area (Å²) in [6.45, 7) is 3.65. The van der Waals surface area contributed by atoms with Crippen LogP contribution in [-0.4, -0.2) is 40.0 Å². The number of anilines is 1. The Morgan fingerprint density at radius 1 is 1.19 bits per heavy atom. The number of hydrogen-bond donors (Lipinski definition) is 1. The summed E-state index contributed by atoms with van der Waals surface area (Å²) in [5.74, 6) is -1.21. The number of amidine groups is 1. The van der Waals surface area contributed by atoms with Gasteiger partial charge in [0.05, 0.1) is 0 Å². The quantitative estimate of drug-likeness (QED) is 0.865. The molecule has 1 amide bonds. The zero-order valence-corrected chi connectivity index (χ0v) is 14.9. The van der Waals surface area contributed by atoms with E-state index < -0.39 is 17.7 Å². The Labute approximate surface area is 154 Å². The van der Waals surface area contributed by atoms with E-state index in [1.54, 1.807) is 50.2 Å². The number of nitrogens with zero attached hydrogens (tertiary/aromatic N) is 3. The van der Waals surface area contributed by atoms with Gasteiger partial charge in [0.15, 0.2) is 0 Å². The van der Waals surface area contributed by atoms with Crippen LogP contribution in [0.2, 0.25) is 0 Å². The zero-order valence-electron chi connectivity index (χ0n) is 14.9. The van der Waals surface area contributed by atoms with E-state index >= 15 is 0 Å². The van der Waals surface area contributed by atoms with E-state index in [1.165, 1.54) is 12.3 Å². The number of carbonyl (C=O) groups is 1. The second-order valence-electron chi connectivity index (χ2n) is 6.31. The van der Waals surface area contributed by atoms with Gasteiger partial charge in [-0.2, -0.15) is 13.2 Å². The fraction of sp³-hybridized carbons (Fsp3) is 0.316. The summed E-state index contributed by atoms with van der Waals surface area (Å²) in [6.07, 6.45) is -3.07. The molecule has 0 radical (unpaired) electrons. The number of aryl methyl sites for hydroxylation is 1. The molecule has 0 spiro atoms. The molecule has 0 saturated carbocycles. The monoisotopic (exact) mass is 376 g/mol. The van der Waals surface area contributed by atoms with E-state index in [0.717, 1.165) is 4.90 Å². The van der Waals surface area contributed by atoms with E-state index in [2.05, 4.69) is 15.3 Å². The van der Waals surface area contributed by atoms with Crippen molar-refractivity contribution in [2.24, 2.45) is 4.99 Å². The Kier molecular flexibility index (Phi) is 4.91. The average Bonchev–Trinajstić information content (AvgIpc) is 2.90. The summed E-state index contributed by atoms with van der Waals surface area (Å²) >= 11 is 0. The molecule has 1 aliphatic heterocycles. The molecule has 0 aliphatic carbocycles. The first-order valence-corrected chi connectivity index (χ1v) is 8.53. The van der Waals surface area contributed by atoms with E-state index in [-0.39, 0.29) is 18.2 Å². The number of rotatable bonds is 5. The lowest BCUT2D eigenvalue weighted by Crippen LogP contribution is -2.58. The number of aromatic nitrogens is 1. The molecule has 27 heavy (non-hydrogen) atoms. The third-order valence-electron chi connectivity index (χ3n) is 4.20. The number of carbonyl (C=O) groups excluding carboxylic acids is 1. The largest absolute Gasteiger partial charge is 0.442 e. The van der Waals surface area contributed by atoms with Crippen molar-refractivity contribution in [2.75, 3.05) is 11.9 Å². The van der Waals surface area contributed by atoms with Gasteiger partial charge >= 0.3 is 11.8 Å². The van der Waals surface area contributed by atoms with Crippen molar-refractivity contribution >= 4 is 17.6 Å². The molecule has 5 nitrogen and oxygen atoms in total. The molecule has 1 aromatic carbocycles. The number of aliphatic imine (C=N–C) groups is 1. The Hall–Kier alpha value is -2.90. The molecule has 0 bridgehead atoms. The molecular weight excluding hydrogens is 357 g/mol. The molecule has 1 unspecified atom stereocenters. The van der Waals surface area contributed by atoms with E-state index in [4.69, 9.17) is 0 Å². The highest BCUT2D eigenvalue weighted by Gasteiger charge is 2.66. The molecule has 0 saturated heterocycles. The molecule has 0 fully saturated rings. The Morgan fingerprint density at radius 3 is 2.48 bits per heavy atom. The average molecular weight is 376 g/mol. The van der Waals surface area contributed by atoms with Crippen LogP contribution in [-0.2, 0) is 4.79 Å². The predicted molar refractivity (Wildman–Crippen MR) is 96.4 cm³/mol. The minimum Gasteiger partial charge on any atom is -0.331 e. The molecule has 1 aromatic heterocycles. The fourth-order valence-corrected chi connectivity index (χ4v) is 2.92. The smallest absolute Gasteiger partial charge is 0.331 e. The lowest BCUT2D eigenvalue weighted by Gasteiger charge is -2.29. The van der Waals surface area contributed by atoms with Gasteiger partial charge in [-0.3, -0.25) is 9.69 Å². The maximum Gasteiger partial charge on any atom is 0.442 e. The van der Waals surface area contributed by atoms with Gasteiger partial charge in [-0.25, -0.2) is 9.98 Å². The van der Waals surface area contributed by atoms with Crippen molar-refractivity contribution < 1.29 is 18.0 Å². The standard InChI is InChI=1S/C19H19F3N4O/c1-3-11-26-16(14-7-5-4-6-8-14)25-18(17(26)27,19(20,21)22)24-15-12-13(2)9-10-23-15/h4-10,12H,3,11H2,1-2H3,(H,23,24). The van der Waals surface area contributed by atoms with Gasteiger partial charge in [-0.05, 0) is 31.0 Å². The van der Waals surface area contributed by atoms with Crippen LogP contribution in [0.25, 0.3) is 0 Å². The zero-order chi connectivity index (χ0) is 19.7. The van der Waals surface area contributed by atoms with Gasteiger partial charge in [0.25, 0.3) is 5.91 Å². The number of benzene rings is 1. The SMILES string of the molecule is CCCN1C(=O)C(Nc2cc(C)ccn2)(C(F)(F)F)N=C1c1ccccc1. The van der Waals surface area contributed by atoms with Crippen molar-refractivity contribution in [3.8, 4) is 0 Å². The molecule has 3 rings (SSSR count). The lowest BCUT2D eigenvalue weighted by atomic mass is 10.1. The minimum absolute atomic E-state index is 0.0000666. The van der Waals surface area contributed by atoms with Crippen LogP contribution in [0.3, 0.4) is 0 Å². The summed E-state index contributed by atoms with van der Waals surface area (Å²) in [6, 6.07) is 11.5. The number of halogens is 3. The van der Waals surface area contributed by atoms with Crippen molar-refractivity contribution in [1.29, 1.82) is 0 Å². The molecule has 8 heteroatoms. The summed E-state index contributed by atoms with van der Waals surface area (Å²) < 4.78 is 42.3. The molecule has 1 N–H and O–H groups in total. The first kappa shape index (κ1) is 18.9. The molecule has 1 atom stereocenters. The first-order valence-electron chi connectivity index (χ1n) is 8.53. The molecule has 1 aliphatic rings. The third kappa shape index (κ3) is 3.39. The number of nitrogens with one attached hydrogen (secondary N) is 1. The van der Waals surface area contributed by atoms with E-state index in [1.807, 2.05) is 0 Å². The third-order valence-corrected chi connectivity index (χ3v) is 4.20. The van der Waals surface area contributed by atoms with Crippen LogP contribution in [0.1, 0.15) is 24.5 Å². The van der Waals surface area contributed by atoms with Crippen LogP contribution in [0, 0.1) is 6.92 Å². The van der Waals surface area contributed by atoms with Crippen LogP contribution in [0.4, 0.5) is 19.0 Å². The van der Waals surface area contributed by atoms with Gasteiger partial charge in [0.2, 0.25) is 0 Å². The number of pyridine rings is 1. The topological polar surface area (TPSA) is 57.6 Å². The first-order chi connectivity index (χ1) is 12.8.